The van der Waals surface area contributed by atoms with E-state index in [4.69, 9.17) is 4.65 Å². The minimum atomic E-state index is 0. The minimum Gasteiger partial charge on any atom is -0.0312 e. The van der Waals surface area contributed by atoms with E-state index in [1.807, 2.05) is 32.1 Å². The molecular weight excluding hydrogens is 258 g/mol. The first kappa shape index (κ1) is 18.6. The van der Waals surface area contributed by atoms with Crippen LogP contribution in [0.2, 0.25) is 0 Å². The Labute approximate surface area is 90.9 Å². The summed E-state index contributed by atoms with van der Waals surface area (Å²) in [7, 11) is 0.380. The van der Waals surface area contributed by atoms with Crippen molar-refractivity contribution in [3.63, 3.8) is 0 Å². The van der Waals surface area contributed by atoms with Gasteiger partial charge in [0.05, 0.1) is 0 Å². The van der Waals surface area contributed by atoms with E-state index >= 15 is 0 Å². The predicted octanol–water partition coefficient (Wildman–Crippen LogP) is 2.34. The largest absolute Gasteiger partial charge is 0.0312 e. The van der Waals surface area contributed by atoms with Gasteiger partial charge in [0, 0.05) is 19.5 Å². The summed E-state index contributed by atoms with van der Waals surface area (Å²) in [6.45, 7) is 11.2. The van der Waals surface area contributed by atoms with E-state index in [1.54, 1.807) is 0 Å². The topological polar surface area (TPSA) is 19.9 Å². The molecule has 1 rings (SSSR count). The van der Waals surface area contributed by atoms with Crippen LogP contribution in [0.25, 0.3) is 0 Å². The molecule has 1 nitrogen and oxygen atoms in total. The van der Waals surface area contributed by atoms with Gasteiger partial charge in [-0.25, -0.2) is 0 Å². The van der Waals surface area contributed by atoms with Crippen LogP contribution in [-0.4, -0.2) is 20.0 Å². The maximum absolute atomic E-state index is 7.50. The van der Waals surface area contributed by atoms with E-state index in [2.05, 4.69) is 26.6 Å². The van der Waals surface area contributed by atoms with Gasteiger partial charge in [0.25, 0.3) is 0 Å². The van der Waals surface area contributed by atoms with Crippen LogP contribution in [0.4, 0.5) is 0 Å². The quantitative estimate of drug-likeness (QED) is 0.279. The summed E-state index contributed by atoms with van der Waals surface area (Å²) in [6.07, 6.45) is 10.0. The standard InChI is InChI=1S/C5H5.C3H9P.CO.Rh/c1-2-4-5-3-1;1-4(2)3;1-2;/h1-5H;1-3H3;;. The van der Waals surface area contributed by atoms with Crippen molar-refractivity contribution in [2.24, 2.45) is 0 Å². The summed E-state index contributed by atoms with van der Waals surface area (Å²) in [5.74, 6) is 0. The molecule has 6 radical (unpaired) electrons. The molecule has 0 bridgehead atoms. The predicted molar refractivity (Wildman–Crippen MR) is 50.1 cm³/mol. The van der Waals surface area contributed by atoms with Crippen molar-refractivity contribution in [2.45, 2.75) is 0 Å². The third kappa shape index (κ3) is 30.8. The van der Waals surface area contributed by atoms with Crippen molar-refractivity contribution in [3.05, 3.63) is 38.8 Å². The van der Waals surface area contributed by atoms with Gasteiger partial charge in [0.2, 0.25) is 0 Å². The third-order valence-corrected chi connectivity index (χ3v) is 0.556. The molecule has 1 aliphatic carbocycles. The molecule has 0 amide bonds. The fourth-order valence-electron chi connectivity index (χ4n) is 0.321. The van der Waals surface area contributed by atoms with Crippen LogP contribution in [0.1, 0.15) is 0 Å². The molecule has 0 heterocycles. The van der Waals surface area contributed by atoms with E-state index in [0.717, 1.165) is 0 Å². The summed E-state index contributed by atoms with van der Waals surface area (Å²) < 4.78 is 7.50. The zero-order valence-electron chi connectivity index (χ0n) is 7.58. The zero-order valence-corrected chi connectivity index (χ0v) is 10.1. The minimum absolute atomic E-state index is 0. The molecule has 0 aromatic heterocycles. The molecule has 1 fully saturated rings. The zero-order chi connectivity index (χ0) is 9.11. The van der Waals surface area contributed by atoms with E-state index in [1.165, 1.54) is 0 Å². The first-order valence-electron chi connectivity index (χ1n) is 3.21. The van der Waals surface area contributed by atoms with Gasteiger partial charge in [-0.2, -0.15) is 0 Å². The van der Waals surface area contributed by atoms with Gasteiger partial charge in [-0.1, -0.05) is 0 Å². The van der Waals surface area contributed by atoms with Gasteiger partial charge < -0.3 is 0 Å². The first-order chi connectivity index (χ1) is 5.23. The summed E-state index contributed by atoms with van der Waals surface area (Å²) in [5, 5.41) is 0. The van der Waals surface area contributed by atoms with E-state index < -0.39 is 0 Å². The molecule has 70 valence electrons. The number of rotatable bonds is 0. The van der Waals surface area contributed by atoms with E-state index in [9.17, 15) is 0 Å². The van der Waals surface area contributed by atoms with Gasteiger partial charge in [0.1, 0.15) is 0 Å². The average molecular weight is 272 g/mol. The maximum atomic E-state index is 7.50. The number of hydrogen-bond donors (Lipinski definition) is 0. The van der Waals surface area contributed by atoms with Crippen molar-refractivity contribution < 1.29 is 24.1 Å². The molecule has 0 aromatic carbocycles. The molecule has 1 aliphatic rings. The molecule has 0 aromatic rings. The molecule has 0 spiro atoms. The summed E-state index contributed by atoms with van der Waals surface area (Å²) >= 11 is 0. The Hall–Kier alpha value is 0.793. The number of hydrogen-bond acceptors (Lipinski definition) is 0. The van der Waals surface area contributed by atoms with Gasteiger partial charge >= 0.3 is 11.3 Å². The molecule has 0 saturated heterocycles. The SMILES string of the molecule is CP(C)C.[C-]#[O+].[CH]1[CH][CH][CH][CH]1.[Rh]. The second kappa shape index (κ2) is 17.8. The van der Waals surface area contributed by atoms with Crippen LogP contribution in [-0.2, 0) is 24.1 Å². The normalized spacial score (nSPS) is 13.2. The Morgan fingerprint density at radius 1 is 0.833 bits per heavy atom. The molecule has 0 N–H and O–H groups in total. The van der Waals surface area contributed by atoms with Gasteiger partial charge in [-0.05, 0) is 52.1 Å². The molecule has 3 heteroatoms. The van der Waals surface area contributed by atoms with Gasteiger partial charge in [0.15, 0.2) is 0 Å². The fourth-order valence-corrected chi connectivity index (χ4v) is 0.321. The van der Waals surface area contributed by atoms with Crippen molar-refractivity contribution in [1.82, 2.24) is 0 Å². The van der Waals surface area contributed by atoms with Crippen LogP contribution < -0.4 is 0 Å². The average Bonchev–Trinajstić information content (AvgIpc) is 2.44. The summed E-state index contributed by atoms with van der Waals surface area (Å²) in [4.78, 5) is 0. The third-order valence-electron chi connectivity index (χ3n) is 0.556. The summed E-state index contributed by atoms with van der Waals surface area (Å²) in [6, 6.07) is 0. The summed E-state index contributed by atoms with van der Waals surface area (Å²) in [5.41, 5.74) is 0. The fraction of sp³-hybridized carbons (Fsp3) is 0.333. The van der Waals surface area contributed by atoms with Crippen LogP contribution in [0, 0.1) is 38.8 Å². The maximum Gasteiger partial charge on any atom is 0 e. The van der Waals surface area contributed by atoms with E-state index in [0.29, 0.717) is 7.92 Å². The van der Waals surface area contributed by atoms with Crippen molar-refractivity contribution in [2.75, 3.05) is 20.0 Å². The van der Waals surface area contributed by atoms with Crippen molar-refractivity contribution >= 4 is 7.92 Å². The van der Waals surface area contributed by atoms with Crippen LogP contribution in [0.5, 0.6) is 0 Å². The molecule has 0 atom stereocenters. The Morgan fingerprint density at radius 2 is 0.917 bits per heavy atom. The van der Waals surface area contributed by atoms with Gasteiger partial charge in [-0.3, -0.25) is 0 Å². The van der Waals surface area contributed by atoms with Crippen molar-refractivity contribution in [3.8, 4) is 0 Å². The Bertz CT molecular complexity index is 69.5. The van der Waals surface area contributed by atoms with Gasteiger partial charge in [-0.15, -0.1) is 7.92 Å². The first-order valence-corrected chi connectivity index (χ1v) is 5.90. The monoisotopic (exact) mass is 272 g/mol. The van der Waals surface area contributed by atoms with E-state index in [-0.39, 0.29) is 19.5 Å². The second-order valence-electron chi connectivity index (χ2n) is 2.30. The molecule has 0 unspecified atom stereocenters. The molecule has 12 heavy (non-hydrogen) atoms. The molecule has 1 saturated carbocycles. The van der Waals surface area contributed by atoms with Crippen LogP contribution in [0.3, 0.4) is 0 Å². The molecular formula is C9H14OPRh. The van der Waals surface area contributed by atoms with Crippen LogP contribution in [0.15, 0.2) is 0 Å². The Kier molecular flexibility index (Phi) is 27.5. The van der Waals surface area contributed by atoms with Crippen molar-refractivity contribution in [1.29, 1.82) is 0 Å². The molecule has 0 aliphatic heterocycles. The Morgan fingerprint density at radius 3 is 1.00 bits per heavy atom. The Balaban J connectivity index is -0.000000107. The smallest absolute Gasteiger partial charge is 0 e. The second-order valence-corrected chi connectivity index (χ2v) is 4.99. The van der Waals surface area contributed by atoms with Crippen LogP contribution >= 0.6 is 7.92 Å².